The Balaban J connectivity index is 2.74. The molecular formula is C10H15N3O. The molecule has 1 aromatic rings. The summed E-state index contributed by atoms with van der Waals surface area (Å²) in [5, 5.41) is 5.87. The third-order valence-corrected chi connectivity index (χ3v) is 1.70. The Morgan fingerprint density at radius 2 is 2.00 bits per heavy atom. The van der Waals surface area contributed by atoms with E-state index in [2.05, 4.69) is 10.6 Å². The minimum atomic E-state index is -0.0769. The summed E-state index contributed by atoms with van der Waals surface area (Å²) >= 11 is 0. The molecule has 0 saturated carbocycles. The first-order valence-corrected chi connectivity index (χ1v) is 4.54. The van der Waals surface area contributed by atoms with E-state index in [0.29, 0.717) is 13.1 Å². The van der Waals surface area contributed by atoms with Crippen molar-refractivity contribution in [1.29, 1.82) is 0 Å². The van der Waals surface area contributed by atoms with Gasteiger partial charge in [-0.1, -0.05) is 12.1 Å². The Bertz CT molecular complexity index is 312. The van der Waals surface area contributed by atoms with Gasteiger partial charge in [0, 0.05) is 20.0 Å². The highest BCUT2D eigenvalue weighted by Gasteiger charge is 2.01. The predicted octanol–water partition coefficient (Wildman–Crippen LogP) is 1.02. The number of rotatable bonds is 4. The molecule has 0 radical (unpaired) electrons. The molecule has 0 aliphatic rings. The SMILES string of the molecule is CC(=O)Nc1ccccc1NCCN. The fourth-order valence-electron chi connectivity index (χ4n) is 1.14. The number of nitrogens with two attached hydrogens (primary N) is 1. The van der Waals surface area contributed by atoms with Gasteiger partial charge in [-0.05, 0) is 12.1 Å². The van der Waals surface area contributed by atoms with Crippen molar-refractivity contribution in [2.24, 2.45) is 5.73 Å². The molecule has 0 fully saturated rings. The Hall–Kier alpha value is -1.55. The summed E-state index contributed by atoms with van der Waals surface area (Å²) in [6.45, 7) is 2.74. The van der Waals surface area contributed by atoms with Gasteiger partial charge in [-0.2, -0.15) is 0 Å². The van der Waals surface area contributed by atoms with E-state index in [1.54, 1.807) is 0 Å². The van der Waals surface area contributed by atoms with Crippen molar-refractivity contribution in [3.8, 4) is 0 Å². The normalized spacial score (nSPS) is 9.57. The lowest BCUT2D eigenvalue weighted by Crippen LogP contribution is -2.15. The van der Waals surface area contributed by atoms with Gasteiger partial charge in [-0.25, -0.2) is 0 Å². The zero-order chi connectivity index (χ0) is 10.4. The summed E-state index contributed by atoms with van der Waals surface area (Å²) in [6.07, 6.45) is 0. The van der Waals surface area contributed by atoms with Gasteiger partial charge in [0.1, 0.15) is 0 Å². The molecule has 0 aromatic heterocycles. The zero-order valence-electron chi connectivity index (χ0n) is 8.21. The number of nitrogens with one attached hydrogen (secondary N) is 2. The zero-order valence-corrected chi connectivity index (χ0v) is 8.21. The molecule has 1 aromatic carbocycles. The summed E-state index contributed by atoms with van der Waals surface area (Å²) < 4.78 is 0. The molecule has 76 valence electrons. The second kappa shape index (κ2) is 5.24. The summed E-state index contributed by atoms with van der Waals surface area (Å²) in [5.74, 6) is -0.0769. The van der Waals surface area contributed by atoms with Crippen LogP contribution in [0.4, 0.5) is 11.4 Å². The van der Waals surface area contributed by atoms with Gasteiger partial charge >= 0.3 is 0 Å². The van der Waals surface area contributed by atoms with Gasteiger partial charge in [-0.15, -0.1) is 0 Å². The molecule has 4 N–H and O–H groups in total. The number of carbonyl (C=O) groups is 1. The van der Waals surface area contributed by atoms with Gasteiger partial charge in [0.05, 0.1) is 11.4 Å². The molecule has 4 nitrogen and oxygen atoms in total. The fraction of sp³-hybridized carbons (Fsp3) is 0.300. The number of para-hydroxylation sites is 2. The van der Waals surface area contributed by atoms with Crippen LogP contribution in [0.2, 0.25) is 0 Å². The van der Waals surface area contributed by atoms with Crippen LogP contribution in [0.1, 0.15) is 6.92 Å². The second-order valence-electron chi connectivity index (χ2n) is 2.94. The molecule has 1 amide bonds. The molecule has 0 aliphatic carbocycles. The largest absolute Gasteiger partial charge is 0.382 e. The molecule has 0 aliphatic heterocycles. The molecule has 0 bridgehead atoms. The Morgan fingerprint density at radius 3 is 2.57 bits per heavy atom. The lowest BCUT2D eigenvalue weighted by Gasteiger charge is -2.10. The van der Waals surface area contributed by atoms with Crippen LogP contribution in [0.15, 0.2) is 24.3 Å². The summed E-state index contributed by atoms with van der Waals surface area (Å²) in [7, 11) is 0. The number of benzene rings is 1. The van der Waals surface area contributed by atoms with Crippen LogP contribution in [-0.2, 0) is 4.79 Å². The van der Waals surface area contributed by atoms with E-state index >= 15 is 0 Å². The summed E-state index contributed by atoms with van der Waals surface area (Å²) in [5.41, 5.74) is 7.06. The average Bonchev–Trinajstić information content (AvgIpc) is 2.16. The van der Waals surface area contributed by atoms with E-state index in [1.165, 1.54) is 6.92 Å². The van der Waals surface area contributed by atoms with Crippen LogP contribution >= 0.6 is 0 Å². The maximum atomic E-state index is 10.9. The fourth-order valence-corrected chi connectivity index (χ4v) is 1.14. The molecule has 0 heterocycles. The van der Waals surface area contributed by atoms with Gasteiger partial charge in [-0.3, -0.25) is 4.79 Å². The van der Waals surface area contributed by atoms with Crippen LogP contribution in [0.5, 0.6) is 0 Å². The highest BCUT2D eigenvalue weighted by atomic mass is 16.1. The lowest BCUT2D eigenvalue weighted by atomic mass is 10.2. The van der Waals surface area contributed by atoms with Crippen molar-refractivity contribution < 1.29 is 4.79 Å². The number of carbonyl (C=O) groups excluding carboxylic acids is 1. The maximum absolute atomic E-state index is 10.9. The van der Waals surface area contributed by atoms with E-state index in [9.17, 15) is 4.79 Å². The van der Waals surface area contributed by atoms with Crippen LogP contribution < -0.4 is 16.4 Å². The molecule has 0 unspecified atom stereocenters. The van der Waals surface area contributed by atoms with Crippen molar-refractivity contribution in [3.63, 3.8) is 0 Å². The summed E-state index contributed by atoms with van der Waals surface area (Å²) in [4.78, 5) is 10.9. The van der Waals surface area contributed by atoms with Crippen LogP contribution in [0.25, 0.3) is 0 Å². The molecule has 14 heavy (non-hydrogen) atoms. The topological polar surface area (TPSA) is 67.2 Å². The average molecular weight is 193 g/mol. The highest BCUT2D eigenvalue weighted by molar-refractivity contribution is 5.92. The number of anilines is 2. The smallest absolute Gasteiger partial charge is 0.221 e. The molecule has 0 saturated heterocycles. The van der Waals surface area contributed by atoms with Crippen molar-refractivity contribution in [2.45, 2.75) is 6.92 Å². The Labute approximate surface area is 83.5 Å². The van der Waals surface area contributed by atoms with Crippen molar-refractivity contribution in [3.05, 3.63) is 24.3 Å². The van der Waals surface area contributed by atoms with Crippen molar-refractivity contribution in [2.75, 3.05) is 23.7 Å². The van der Waals surface area contributed by atoms with E-state index in [0.717, 1.165) is 11.4 Å². The van der Waals surface area contributed by atoms with Crippen molar-refractivity contribution in [1.82, 2.24) is 0 Å². The first-order chi connectivity index (χ1) is 6.74. The third kappa shape index (κ3) is 3.06. The minimum Gasteiger partial charge on any atom is -0.382 e. The maximum Gasteiger partial charge on any atom is 0.221 e. The van der Waals surface area contributed by atoms with Crippen molar-refractivity contribution >= 4 is 17.3 Å². The molecular weight excluding hydrogens is 178 g/mol. The predicted molar refractivity (Wildman–Crippen MR) is 58.3 cm³/mol. The first kappa shape index (κ1) is 10.5. The lowest BCUT2D eigenvalue weighted by molar-refractivity contribution is -0.114. The third-order valence-electron chi connectivity index (χ3n) is 1.70. The summed E-state index contributed by atoms with van der Waals surface area (Å²) in [6, 6.07) is 7.53. The van der Waals surface area contributed by atoms with Gasteiger partial charge < -0.3 is 16.4 Å². The minimum absolute atomic E-state index is 0.0769. The van der Waals surface area contributed by atoms with Gasteiger partial charge in [0.15, 0.2) is 0 Å². The van der Waals surface area contributed by atoms with E-state index < -0.39 is 0 Å². The van der Waals surface area contributed by atoms with Crippen LogP contribution in [0, 0.1) is 0 Å². The second-order valence-corrected chi connectivity index (χ2v) is 2.94. The van der Waals surface area contributed by atoms with E-state index in [1.807, 2.05) is 24.3 Å². The number of hydrogen-bond acceptors (Lipinski definition) is 3. The molecule has 0 spiro atoms. The van der Waals surface area contributed by atoms with Crippen LogP contribution in [-0.4, -0.2) is 19.0 Å². The highest BCUT2D eigenvalue weighted by Crippen LogP contribution is 2.20. The quantitative estimate of drug-likeness (QED) is 0.668. The molecule has 4 heteroatoms. The van der Waals surface area contributed by atoms with Gasteiger partial charge in [0.2, 0.25) is 5.91 Å². The Morgan fingerprint density at radius 1 is 1.36 bits per heavy atom. The monoisotopic (exact) mass is 193 g/mol. The van der Waals surface area contributed by atoms with E-state index in [-0.39, 0.29) is 5.91 Å². The van der Waals surface area contributed by atoms with Crippen LogP contribution in [0.3, 0.4) is 0 Å². The number of hydrogen-bond donors (Lipinski definition) is 3. The number of amides is 1. The molecule has 1 rings (SSSR count). The Kier molecular flexibility index (Phi) is 3.94. The standard InChI is InChI=1S/C10H15N3O/c1-8(14)13-10-5-3-2-4-9(10)12-7-6-11/h2-5,12H,6-7,11H2,1H3,(H,13,14). The van der Waals surface area contributed by atoms with Gasteiger partial charge in [0.25, 0.3) is 0 Å². The first-order valence-electron chi connectivity index (χ1n) is 4.54. The van der Waals surface area contributed by atoms with E-state index in [4.69, 9.17) is 5.73 Å². The molecule has 0 atom stereocenters.